The molecule has 226 valence electrons. The molecule has 0 atom stereocenters. The second-order valence-corrected chi connectivity index (χ2v) is 10.5. The summed E-state index contributed by atoms with van der Waals surface area (Å²) < 4.78 is 16.1. The van der Waals surface area contributed by atoms with E-state index in [4.69, 9.17) is 25.8 Å². The van der Waals surface area contributed by atoms with E-state index in [2.05, 4.69) is 6.92 Å². The van der Waals surface area contributed by atoms with Gasteiger partial charge in [-0.3, -0.25) is 10.1 Å². The second-order valence-electron chi connectivity index (χ2n) is 10.0. The maximum atomic E-state index is 12.7. The Balaban J connectivity index is 1.31. The van der Waals surface area contributed by atoms with Crippen LogP contribution >= 0.6 is 11.6 Å². The summed E-state index contributed by atoms with van der Waals surface area (Å²) in [5.41, 5.74) is 2.05. The minimum atomic E-state index is -0.787. The highest BCUT2D eigenvalue weighted by molar-refractivity contribution is 6.33. The van der Waals surface area contributed by atoms with Crippen molar-refractivity contribution in [2.75, 3.05) is 0 Å². The van der Waals surface area contributed by atoms with Gasteiger partial charge in [-0.25, -0.2) is 14.4 Å². The molecule has 10 heteroatoms. The third-order valence-corrected chi connectivity index (χ3v) is 7.07. The van der Waals surface area contributed by atoms with E-state index in [1.807, 2.05) is 12.1 Å². The Bertz CT molecular complexity index is 1670. The van der Waals surface area contributed by atoms with Crippen molar-refractivity contribution in [1.82, 2.24) is 0 Å². The van der Waals surface area contributed by atoms with Gasteiger partial charge in [0.25, 0.3) is 5.69 Å². The predicted molar refractivity (Wildman–Crippen MR) is 165 cm³/mol. The third kappa shape index (κ3) is 8.52. The number of ether oxygens (including phenoxy) is 3. The zero-order valence-electron chi connectivity index (χ0n) is 24.2. The Labute approximate surface area is 259 Å². The van der Waals surface area contributed by atoms with Gasteiger partial charge in [-0.1, -0.05) is 49.9 Å². The van der Waals surface area contributed by atoms with Crippen LogP contribution < -0.4 is 14.2 Å². The molecule has 0 saturated carbocycles. The Hall–Kier alpha value is -5.02. The van der Waals surface area contributed by atoms with Crippen LogP contribution in [0.15, 0.2) is 84.9 Å². The lowest BCUT2D eigenvalue weighted by atomic mass is 10.0. The predicted octanol–water partition coefficient (Wildman–Crippen LogP) is 8.34. The molecule has 0 aromatic heterocycles. The molecule has 0 aliphatic rings. The molecule has 0 aliphatic carbocycles. The van der Waals surface area contributed by atoms with E-state index in [1.54, 1.807) is 12.1 Å². The van der Waals surface area contributed by atoms with Crippen molar-refractivity contribution in [1.29, 1.82) is 0 Å². The number of hydrogen-bond donors (Lipinski definition) is 0. The lowest BCUT2D eigenvalue weighted by Gasteiger charge is -2.09. The molecule has 0 amide bonds. The fourth-order valence-electron chi connectivity index (χ4n) is 4.34. The average molecular weight is 616 g/mol. The monoisotopic (exact) mass is 615 g/mol. The number of aryl methyl sites for hydroxylation is 2. The molecule has 0 saturated heterocycles. The van der Waals surface area contributed by atoms with Gasteiger partial charge in [-0.05, 0) is 86.0 Å². The van der Waals surface area contributed by atoms with Crippen molar-refractivity contribution < 1.29 is 33.5 Å². The van der Waals surface area contributed by atoms with Crippen LogP contribution in [0.1, 0.15) is 74.8 Å². The number of nitrogens with zero attached hydrogens (tertiary/aromatic N) is 1. The van der Waals surface area contributed by atoms with Gasteiger partial charge in [0.2, 0.25) is 0 Å². The maximum absolute atomic E-state index is 12.7. The van der Waals surface area contributed by atoms with Gasteiger partial charge in [0.1, 0.15) is 17.2 Å². The highest BCUT2D eigenvalue weighted by Crippen LogP contribution is 2.27. The zero-order valence-corrected chi connectivity index (χ0v) is 25.0. The van der Waals surface area contributed by atoms with Gasteiger partial charge in [-0.2, -0.15) is 0 Å². The first-order chi connectivity index (χ1) is 21.1. The number of hydrogen-bond acceptors (Lipinski definition) is 8. The Morgan fingerprint density at radius 2 is 1.25 bits per heavy atom. The van der Waals surface area contributed by atoms with Gasteiger partial charge in [-0.15, -0.1) is 0 Å². The molecule has 0 radical (unpaired) electrons. The third-order valence-electron chi connectivity index (χ3n) is 6.76. The molecular formula is C34H30ClNO8. The van der Waals surface area contributed by atoms with Gasteiger partial charge in [0, 0.05) is 17.7 Å². The van der Waals surface area contributed by atoms with Crippen LogP contribution in [-0.4, -0.2) is 22.8 Å². The quantitative estimate of drug-likeness (QED) is 0.0512. The molecule has 0 N–H and O–H groups in total. The molecule has 4 rings (SSSR count). The number of nitro benzene ring substituents is 1. The summed E-state index contributed by atoms with van der Waals surface area (Å²) in [5, 5.41) is 11.0. The van der Waals surface area contributed by atoms with Crippen molar-refractivity contribution in [3.8, 4) is 17.2 Å². The maximum Gasteiger partial charge on any atom is 0.345 e. The molecular weight excluding hydrogens is 586 g/mol. The molecule has 0 aliphatic heterocycles. The van der Waals surface area contributed by atoms with Gasteiger partial charge < -0.3 is 14.2 Å². The molecule has 0 heterocycles. The van der Waals surface area contributed by atoms with Gasteiger partial charge in [0.05, 0.1) is 26.6 Å². The topological polar surface area (TPSA) is 122 Å². The SMILES string of the molecule is CCCCCCc1ccc(C(=O)Oc2ccc(C(=O)Oc3ccc(C(=O)Oc4ccc([N+](=O)[O-])c(C)c4)c(Cl)c3)cc2)cc1. The number of esters is 3. The largest absolute Gasteiger partial charge is 0.423 e. The molecule has 0 spiro atoms. The highest BCUT2D eigenvalue weighted by atomic mass is 35.5. The normalized spacial score (nSPS) is 10.6. The molecule has 0 unspecified atom stereocenters. The second kappa shape index (κ2) is 14.9. The van der Waals surface area contributed by atoms with E-state index in [1.165, 1.54) is 92.4 Å². The first-order valence-corrected chi connectivity index (χ1v) is 14.4. The summed E-state index contributed by atoms with van der Waals surface area (Å²) in [5.74, 6) is -1.51. The number of unbranched alkanes of at least 4 members (excludes halogenated alkanes) is 3. The van der Waals surface area contributed by atoms with Crippen LogP contribution in [0.25, 0.3) is 0 Å². The molecule has 0 fully saturated rings. The van der Waals surface area contributed by atoms with E-state index in [9.17, 15) is 24.5 Å². The van der Waals surface area contributed by atoms with E-state index >= 15 is 0 Å². The van der Waals surface area contributed by atoms with Crippen LogP contribution in [0.4, 0.5) is 5.69 Å². The summed E-state index contributed by atoms with van der Waals surface area (Å²) in [6, 6.07) is 21.2. The van der Waals surface area contributed by atoms with Crippen LogP contribution in [0.2, 0.25) is 5.02 Å². The van der Waals surface area contributed by atoms with Gasteiger partial charge in [0.15, 0.2) is 0 Å². The van der Waals surface area contributed by atoms with Crippen LogP contribution in [0.5, 0.6) is 17.2 Å². The van der Waals surface area contributed by atoms with Crippen LogP contribution in [0.3, 0.4) is 0 Å². The minimum Gasteiger partial charge on any atom is -0.423 e. The fraction of sp³-hybridized carbons (Fsp3) is 0.206. The summed E-state index contributed by atoms with van der Waals surface area (Å²) >= 11 is 6.25. The molecule has 44 heavy (non-hydrogen) atoms. The lowest BCUT2D eigenvalue weighted by Crippen LogP contribution is -2.11. The van der Waals surface area contributed by atoms with Crippen molar-refractivity contribution in [2.45, 2.75) is 46.0 Å². The molecule has 4 aromatic rings. The summed E-state index contributed by atoms with van der Waals surface area (Å²) in [4.78, 5) is 48.3. The van der Waals surface area contributed by atoms with Crippen molar-refractivity contribution in [3.63, 3.8) is 0 Å². The first kappa shape index (κ1) is 31.9. The van der Waals surface area contributed by atoms with E-state index in [0.717, 1.165) is 12.8 Å². The number of carbonyl (C=O) groups is 3. The highest BCUT2D eigenvalue weighted by Gasteiger charge is 2.18. The van der Waals surface area contributed by atoms with Crippen LogP contribution in [-0.2, 0) is 6.42 Å². The van der Waals surface area contributed by atoms with E-state index in [-0.39, 0.29) is 39.1 Å². The Kier molecular flexibility index (Phi) is 10.8. The van der Waals surface area contributed by atoms with E-state index < -0.39 is 22.8 Å². The summed E-state index contributed by atoms with van der Waals surface area (Å²) in [6.07, 6.45) is 5.68. The minimum absolute atomic E-state index is 0.00949. The summed E-state index contributed by atoms with van der Waals surface area (Å²) in [6.45, 7) is 3.70. The zero-order chi connectivity index (χ0) is 31.6. The number of benzene rings is 4. The molecule has 4 aromatic carbocycles. The van der Waals surface area contributed by atoms with Crippen molar-refractivity contribution in [3.05, 3.63) is 128 Å². The molecule has 0 bridgehead atoms. The first-order valence-electron chi connectivity index (χ1n) is 14.0. The van der Waals surface area contributed by atoms with Crippen LogP contribution in [0, 0.1) is 17.0 Å². The summed E-state index contributed by atoms with van der Waals surface area (Å²) in [7, 11) is 0. The Morgan fingerprint density at radius 1 is 0.705 bits per heavy atom. The van der Waals surface area contributed by atoms with E-state index in [0.29, 0.717) is 11.1 Å². The van der Waals surface area contributed by atoms with Crippen molar-refractivity contribution in [2.24, 2.45) is 0 Å². The number of nitro groups is 1. The molecule has 9 nitrogen and oxygen atoms in total. The lowest BCUT2D eigenvalue weighted by molar-refractivity contribution is -0.385. The Morgan fingerprint density at radius 3 is 1.84 bits per heavy atom. The number of rotatable bonds is 12. The van der Waals surface area contributed by atoms with Crippen molar-refractivity contribution >= 4 is 35.2 Å². The average Bonchev–Trinajstić information content (AvgIpc) is 3.00. The van der Waals surface area contributed by atoms with Gasteiger partial charge >= 0.3 is 17.9 Å². The standard InChI is InChI=1S/C34H30ClNO8/c1-3-4-5-6-7-23-8-10-24(11-9-23)32(37)42-26-14-12-25(13-15-26)33(38)43-28-16-18-29(30(35)21-28)34(39)44-27-17-19-31(36(40)41)22(2)20-27/h8-21H,3-7H2,1-2H3. The fourth-order valence-corrected chi connectivity index (χ4v) is 4.59. The number of halogens is 1. The number of carbonyl (C=O) groups excluding carboxylic acids is 3. The smallest absolute Gasteiger partial charge is 0.345 e.